The smallest absolute Gasteiger partial charge is 0.0571 e. The second-order valence-electron chi connectivity index (χ2n) is 3.90. The van der Waals surface area contributed by atoms with E-state index in [9.17, 15) is 5.11 Å². The lowest BCUT2D eigenvalue weighted by Gasteiger charge is -2.31. The molecule has 1 fully saturated rings. The number of aliphatic hydroxyl groups excluding tert-OH is 1. The number of hydrogen-bond acceptors (Lipinski definition) is 1. The van der Waals surface area contributed by atoms with Gasteiger partial charge < -0.3 is 5.11 Å². The summed E-state index contributed by atoms with van der Waals surface area (Å²) in [5, 5.41) is 9.56. The number of aliphatic hydroxyl groups is 1. The van der Waals surface area contributed by atoms with Crippen molar-refractivity contribution in [2.75, 3.05) is 0 Å². The Morgan fingerprint density at radius 3 is 2.55 bits per heavy atom. The van der Waals surface area contributed by atoms with Gasteiger partial charge in [-0.2, -0.15) is 0 Å². The van der Waals surface area contributed by atoms with Gasteiger partial charge in [-0.05, 0) is 38.0 Å². The lowest BCUT2D eigenvalue weighted by molar-refractivity contribution is 0.0614. The maximum Gasteiger partial charge on any atom is 0.0571 e. The molecular weight excluding hydrogens is 136 g/mol. The predicted octanol–water partition coefficient (Wildman–Crippen LogP) is 2.36. The van der Waals surface area contributed by atoms with Crippen LogP contribution in [0.1, 0.15) is 33.1 Å². The van der Waals surface area contributed by atoms with Gasteiger partial charge in [0.1, 0.15) is 0 Å². The van der Waals surface area contributed by atoms with Crippen LogP contribution in [0, 0.1) is 11.8 Å². The van der Waals surface area contributed by atoms with Gasteiger partial charge in [-0.3, -0.25) is 0 Å². The highest BCUT2D eigenvalue weighted by atomic mass is 16.3. The summed E-state index contributed by atoms with van der Waals surface area (Å²) in [5.74, 6) is 1.06. The molecule has 0 aliphatic heterocycles. The van der Waals surface area contributed by atoms with Crippen LogP contribution in [0.2, 0.25) is 0 Å². The minimum atomic E-state index is -0.0922. The van der Waals surface area contributed by atoms with Gasteiger partial charge in [0, 0.05) is 0 Å². The van der Waals surface area contributed by atoms with Crippen molar-refractivity contribution in [2.45, 2.75) is 39.2 Å². The summed E-state index contributed by atoms with van der Waals surface area (Å²) in [6.45, 7) is 8.11. The molecule has 3 atom stereocenters. The second-order valence-corrected chi connectivity index (χ2v) is 3.90. The van der Waals surface area contributed by atoms with Crippen molar-refractivity contribution in [2.24, 2.45) is 11.8 Å². The first-order valence-electron chi connectivity index (χ1n) is 4.44. The highest BCUT2D eigenvalue weighted by Gasteiger charge is 2.25. The van der Waals surface area contributed by atoms with Gasteiger partial charge in [0.2, 0.25) is 0 Å². The van der Waals surface area contributed by atoms with Crippen LogP contribution in [0.25, 0.3) is 0 Å². The van der Waals surface area contributed by atoms with Crippen LogP contribution in [0.3, 0.4) is 0 Å². The third-order valence-electron chi connectivity index (χ3n) is 2.85. The van der Waals surface area contributed by atoms with E-state index in [1.54, 1.807) is 0 Å². The molecule has 1 heteroatoms. The number of allylic oxidation sites excluding steroid dienone is 1. The normalized spacial score (nSPS) is 38.6. The van der Waals surface area contributed by atoms with Crippen molar-refractivity contribution >= 4 is 0 Å². The highest BCUT2D eigenvalue weighted by Crippen LogP contribution is 2.32. The summed E-state index contributed by atoms with van der Waals surface area (Å²) in [6, 6.07) is 0. The van der Waals surface area contributed by atoms with E-state index in [0.717, 1.165) is 12.8 Å². The molecule has 1 rings (SSSR count). The van der Waals surface area contributed by atoms with Crippen molar-refractivity contribution in [1.82, 2.24) is 0 Å². The van der Waals surface area contributed by atoms with Crippen LogP contribution in [0.4, 0.5) is 0 Å². The van der Waals surface area contributed by atoms with Crippen molar-refractivity contribution in [3.05, 3.63) is 12.2 Å². The molecule has 0 aromatic heterocycles. The zero-order chi connectivity index (χ0) is 8.43. The van der Waals surface area contributed by atoms with Crippen LogP contribution in [0.15, 0.2) is 12.2 Å². The lowest BCUT2D eigenvalue weighted by Crippen LogP contribution is -2.27. The van der Waals surface area contributed by atoms with E-state index in [0.29, 0.717) is 11.8 Å². The van der Waals surface area contributed by atoms with E-state index >= 15 is 0 Å². The Hall–Kier alpha value is -0.300. The molecule has 11 heavy (non-hydrogen) atoms. The Morgan fingerprint density at radius 1 is 1.45 bits per heavy atom. The van der Waals surface area contributed by atoms with Gasteiger partial charge in [0.25, 0.3) is 0 Å². The van der Waals surface area contributed by atoms with Gasteiger partial charge in [0.15, 0.2) is 0 Å². The molecule has 0 aromatic carbocycles. The average Bonchev–Trinajstić information content (AvgIpc) is 1.94. The van der Waals surface area contributed by atoms with E-state index in [4.69, 9.17) is 0 Å². The summed E-state index contributed by atoms with van der Waals surface area (Å²) in [7, 11) is 0. The maximum absolute atomic E-state index is 9.56. The molecule has 0 spiro atoms. The molecule has 1 aliphatic rings. The first kappa shape index (κ1) is 8.79. The van der Waals surface area contributed by atoms with Crippen LogP contribution in [-0.4, -0.2) is 11.2 Å². The predicted molar refractivity (Wildman–Crippen MR) is 47.3 cm³/mol. The maximum atomic E-state index is 9.56. The molecular formula is C10H18O. The number of rotatable bonds is 1. The van der Waals surface area contributed by atoms with E-state index in [1.165, 1.54) is 12.0 Å². The van der Waals surface area contributed by atoms with E-state index in [-0.39, 0.29) is 6.10 Å². The molecule has 0 amide bonds. The molecule has 0 saturated heterocycles. The Kier molecular flexibility index (Phi) is 2.72. The van der Waals surface area contributed by atoms with E-state index in [2.05, 4.69) is 20.4 Å². The lowest BCUT2D eigenvalue weighted by atomic mass is 9.78. The molecule has 64 valence electrons. The Labute approximate surface area is 69.1 Å². The molecule has 1 N–H and O–H groups in total. The van der Waals surface area contributed by atoms with Gasteiger partial charge in [-0.15, -0.1) is 0 Å². The third kappa shape index (κ3) is 2.06. The van der Waals surface area contributed by atoms with Crippen molar-refractivity contribution in [3.63, 3.8) is 0 Å². The summed E-state index contributed by atoms with van der Waals surface area (Å²) in [5.41, 5.74) is 1.23. The van der Waals surface area contributed by atoms with Gasteiger partial charge in [0.05, 0.1) is 6.10 Å². The molecule has 1 saturated carbocycles. The minimum absolute atomic E-state index is 0.0922. The zero-order valence-corrected chi connectivity index (χ0v) is 7.51. The summed E-state index contributed by atoms with van der Waals surface area (Å²) in [4.78, 5) is 0. The topological polar surface area (TPSA) is 20.2 Å². The molecule has 1 aliphatic carbocycles. The first-order valence-corrected chi connectivity index (χ1v) is 4.44. The summed E-state index contributed by atoms with van der Waals surface area (Å²) in [6.07, 6.45) is 3.20. The Balaban J connectivity index is 2.46. The Bertz CT molecular complexity index is 151. The van der Waals surface area contributed by atoms with Crippen LogP contribution < -0.4 is 0 Å². The summed E-state index contributed by atoms with van der Waals surface area (Å²) < 4.78 is 0. The molecule has 0 aromatic rings. The number of hydrogen-bond donors (Lipinski definition) is 1. The molecule has 0 bridgehead atoms. The van der Waals surface area contributed by atoms with Crippen LogP contribution in [0.5, 0.6) is 0 Å². The minimum Gasteiger partial charge on any atom is -0.393 e. The Morgan fingerprint density at radius 2 is 2.09 bits per heavy atom. The van der Waals surface area contributed by atoms with E-state index < -0.39 is 0 Å². The largest absolute Gasteiger partial charge is 0.393 e. The van der Waals surface area contributed by atoms with Crippen molar-refractivity contribution in [3.8, 4) is 0 Å². The fourth-order valence-electron chi connectivity index (χ4n) is 1.75. The molecule has 1 nitrogen and oxygen atoms in total. The SMILES string of the molecule is C=C(C)[C@@H]1CC[C@@H](C)[C@@H](O)C1. The standard InChI is InChI=1S/C10H18O/c1-7(2)9-5-4-8(3)10(11)6-9/h8-11H,1,4-6H2,2-3H3/t8-,9-,10+/m1/s1. The van der Waals surface area contributed by atoms with E-state index in [1.807, 2.05) is 0 Å². The van der Waals surface area contributed by atoms with Crippen molar-refractivity contribution in [1.29, 1.82) is 0 Å². The average molecular weight is 154 g/mol. The van der Waals surface area contributed by atoms with Crippen molar-refractivity contribution < 1.29 is 5.11 Å². The summed E-state index contributed by atoms with van der Waals surface area (Å²) >= 11 is 0. The van der Waals surface area contributed by atoms with Gasteiger partial charge >= 0.3 is 0 Å². The quantitative estimate of drug-likeness (QED) is 0.575. The fraction of sp³-hybridized carbons (Fsp3) is 0.800. The third-order valence-corrected chi connectivity index (χ3v) is 2.85. The molecule has 0 radical (unpaired) electrons. The monoisotopic (exact) mass is 154 g/mol. The second kappa shape index (κ2) is 3.40. The molecule has 0 heterocycles. The zero-order valence-electron chi connectivity index (χ0n) is 7.51. The highest BCUT2D eigenvalue weighted by molar-refractivity contribution is 4.99. The van der Waals surface area contributed by atoms with Crippen LogP contribution in [-0.2, 0) is 0 Å². The first-order chi connectivity index (χ1) is 5.11. The molecule has 0 unspecified atom stereocenters. The van der Waals surface area contributed by atoms with Crippen LogP contribution >= 0.6 is 0 Å². The van der Waals surface area contributed by atoms with Gasteiger partial charge in [-0.1, -0.05) is 19.1 Å². The van der Waals surface area contributed by atoms with Gasteiger partial charge in [-0.25, -0.2) is 0 Å². The fourth-order valence-corrected chi connectivity index (χ4v) is 1.75.